The van der Waals surface area contributed by atoms with Gasteiger partial charge in [0.05, 0.1) is 0 Å². The minimum Gasteiger partial charge on any atom is -0.396 e. The lowest BCUT2D eigenvalue weighted by atomic mass is 9.89. The summed E-state index contributed by atoms with van der Waals surface area (Å²) < 4.78 is 0. The Bertz CT molecular complexity index is 244. The Balaban J connectivity index is 2.52. The Kier molecular flexibility index (Phi) is 4.63. The van der Waals surface area contributed by atoms with E-state index in [2.05, 4.69) is 19.1 Å². The zero-order valence-electron chi connectivity index (χ0n) is 8.69. The molecule has 2 atom stereocenters. The summed E-state index contributed by atoms with van der Waals surface area (Å²) in [6.45, 7) is 2.88. The van der Waals surface area contributed by atoms with Crippen molar-refractivity contribution < 1.29 is 5.11 Å². The van der Waals surface area contributed by atoms with Crippen LogP contribution in [0.5, 0.6) is 0 Å². The van der Waals surface area contributed by atoms with Crippen molar-refractivity contribution in [2.24, 2.45) is 17.6 Å². The molecule has 2 unspecified atom stereocenters. The van der Waals surface area contributed by atoms with Gasteiger partial charge in [0, 0.05) is 6.61 Å². The molecule has 0 fully saturated rings. The van der Waals surface area contributed by atoms with Gasteiger partial charge in [0.25, 0.3) is 0 Å². The van der Waals surface area contributed by atoms with Crippen molar-refractivity contribution in [1.82, 2.24) is 0 Å². The van der Waals surface area contributed by atoms with Crippen LogP contribution in [0.2, 0.25) is 0 Å². The molecule has 1 aromatic carbocycles. The van der Waals surface area contributed by atoms with Gasteiger partial charge < -0.3 is 10.8 Å². The van der Waals surface area contributed by atoms with Gasteiger partial charge in [-0.05, 0) is 30.4 Å². The van der Waals surface area contributed by atoms with Crippen molar-refractivity contribution in [1.29, 1.82) is 0 Å². The standard InChI is InChI=1S/C12H19NO/c1-10(12(8-13)9-14)7-11-5-3-2-4-6-11/h2-6,10,12,14H,7-9,13H2,1H3. The summed E-state index contributed by atoms with van der Waals surface area (Å²) in [5, 5.41) is 9.09. The summed E-state index contributed by atoms with van der Waals surface area (Å²) in [6.07, 6.45) is 0.989. The molecule has 1 rings (SSSR count). The van der Waals surface area contributed by atoms with Crippen LogP contribution in [0.15, 0.2) is 30.3 Å². The van der Waals surface area contributed by atoms with E-state index in [0.29, 0.717) is 12.5 Å². The molecule has 0 saturated heterocycles. The highest BCUT2D eigenvalue weighted by molar-refractivity contribution is 5.15. The number of aliphatic hydroxyl groups is 1. The third kappa shape index (κ3) is 3.13. The first-order valence-corrected chi connectivity index (χ1v) is 5.12. The van der Waals surface area contributed by atoms with Crippen molar-refractivity contribution in [3.63, 3.8) is 0 Å². The zero-order valence-corrected chi connectivity index (χ0v) is 8.69. The van der Waals surface area contributed by atoms with E-state index in [1.165, 1.54) is 5.56 Å². The van der Waals surface area contributed by atoms with Gasteiger partial charge in [-0.3, -0.25) is 0 Å². The molecule has 1 aromatic rings. The van der Waals surface area contributed by atoms with Crippen molar-refractivity contribution in [2.75, 3.05) is 13.2 Å². The summed E-state index contributed by atoms with van der Waals surface area (Å²) in [5.41, 5.74) is 6.89. The van der Waals surface area contributed by atoms with Crippen LogP contribution in [0.25, 0.3) is 0 Å². The summed E-state index contributed by atoms with van der Waals surface area (Å²) >= 11 is 0. The second-order valence-corrected chi connectivity index (χ2v) is 3.85. The first-order valence-electron chi connectivity index (χ1n) is 5.12. The second kappa shape index (κ2) is 5.78. The largest absolute Gasteiger partial charge is 0.396 e. The normalized spacial score (nSPS) is 15.1. The summed E-state index contributed by atoms with van der Waals surface area (Å²) in [7, 11) is 0. The topological polar surface area (TPSA) is 46.2 Å². The molecular weight excluding hydrogens is 174 g/mol. The molecule has 2 nitrogen and oxygen atoms in total. The quantitative estimate of drug-likeness (QED) is 0.743. The predicted octanol–water partition coefficient (Wildman–Crippen LogP) is 1.43. The third-order valence-corrected chi connectivity index (χ3v) is 2.74. The van der Waals surface area contributed by atoms with E-state index in [-0.39, 0.29) is 12.5 Å². The highest BCUT2D eigenvalue weighted by atomic mass is 16.3. The lowest BCUT2D eigenvalue weighted by Gasteiger charge is -2.20. The maximum Gasteiger partial charge on any atom is 0.0474 e. The average Bonchev–Trinajstić information content (AvgIpc) is 2.21. The molecule has 0 aliphatic carbocycles. The Hall–Kier alpha value is -0.860. The van der Waals surface area contributed by atoms with E-state index in [1.807, 2.05) is 18.2 Å². The van der Waals surface area contributed by atoms with E-state index in [9.17, 15) is 0 Å². The minimum atomic E-state index is 0.185. The molecule has 0 heterocycles. The maximum absolute atomic E-state index is 9.09. The molecule has 0 bridgehead atoms. The van der Waals surface area contributed by atoms with Crippen molar-refractivity contribution in [3.05, 3.63) is 35.9 Å². The molecule has 0 radical (unpaired) electrons. The van der Waals surface area contributed by atoms with E-state index >= 15 is 0 Å². The van der Waals surface area contributed by atoms with Crippen LogP contribution in [-0.2, 0) is 6.42 Å². The maximum atomic E-state index is 9.09. The van der Waals surface area contributed by atoms with Gasteiger partial charge in [-0.2, -0.15) is 0 Å². The fraction of sp³-hybridized carbons (Fsp3) is 0.500. The summed E-state index contributed by atoms with van der Waals surface area (Å²) in [4.78, 5) is 0. The van der Waals surface area contributed by atoms with Gasteiger partial charge in [-0.25, -0.2) is 0 Å². The lowest BCUT2D eigenvalue weighted by Crippen LogP contribution is -2.26. The Morgan fingerprint density at radius 1 is 1.29 bits per heavy atom. The Morgan fingerprint density at radius 3 is 2.43 bits per heavy atom. The monoisotopic (exact) mass is 193 g/mol. The SMILES string of the molecule is CC(Cc1ccccc1)C(CN)CO. The average molecular weight is 193 g/mol. The van der Waals surface area contributed by atoms with E-state index in [4.69, 9.17) is 10.8 Å². The van der Waals surface area contributed by atoms with Crippen molar-refractivity contribution >= 4 is 0 Å². The van der Waals surface area contributed by atoms with Crippen molar-refractivity contribution in [2.45, 2.75) is 13.3 Å². The fourth-order valence-electron chi connectivity index (χ4n) is 1.64. The lowest BCUT2D eigenvalue weighted by molar-refractivity contribution is 0.187. The third-order valence-electron chi connectivity index (χ3n) is 2.74. The van der Waals surface area contributed by atoms with Gasteiger partial charge in [-0.15, -0.1) is 0 Å². The number of nitrogens with two attached hydrogens (primary N) is 1. The molecule has 0 aliphatic rings. The Morgan fingerprint density at radius 2 is 1.93 bits per heavy atom. The molecule has 3 N–H and O–H groups in total. The Labute approximate surface area is 85.8 Å². The van der Waals surface area contributed by atoms with Crippen LogP contribution in [0, 0.1) is 11.8 Å². The molecule has 2 heteroatoms. The molecule has 0 saturated carbocycles. The zero-order chi connectivity index (χ0) is 10.4. The van der Waals surface area contributed by atoms with E-state index < -0.39 is 0 Å². The van der Waals surface area contributed by atoms with Crippen LogP contribution in [-0.4, -0.2) is 18.3 Å². The second-order valence-electron chi connectivity index (χ2n) is 3.85. The van der Waals surface area contributed by atoms with Crippen LogP contribution < -0.4 is 5.73 Å². The van der Waals surface area contributed by atoms with Gasteiger partial charge in [0.2, 0.25) is 0 Å². The van der Waals surface area contributed by atoms with Gasteiger partial charge >= 0.3 is 0 Å². The molecule has 0 aromatic heterocycles. The van der Waals surface area contributed by atoms with Gasteiger partial charge in [0.1, 0.15) is 0 Å². The first-order chi connectivity index (χ1) is 6.77. The molecule has 0 spiro atoms. The highest BCUT2D eigenvalue weighted by Gasteiger charge is 2.14. The summed E-state index contributed by atoms with van der Waals surface area (Å²) in [5.74, 6) is 0.655. The highest BCUT2D eigenvalue weighted by Crippen LogP contribution is 2.15. The smallest absolute Gasteiger partial charge is 0.0474 e. The number of hydrogen-bond acceptors (Lipinski definition) is 2. The molecule has 0 aliphatic heterocycles. The molecule has 14 heavy (non-hydrogen) atoms. The van der Waals surface area contributed by atoms with Gasteiger partial charge in [-0.1, -0.05) is 37.3 Å². The number of hydrogen-bond donors (Lipinski definition) is 2. The number of rotatable bonds is 5. The van der Waals surface area contributed by atoms with Crippen molar-refractivity contribution in [3.8, 4) is 0 Å². The molecule has 0 amide bonds. The van der Waals surface area contributed by atoms with Gasteiger partial charge in [0.15, 0.2) is 0 Å². The van der Waals surface area contributed by atoms with Crippen LogP contribution in [0.4, 0.5) is 0 Å². The van der Waals surface area contributed by atoms with Crippen LogP contribution in [0.1, 0.15) is 12.5 Å². The van der Waals surface area contributed by atoms with Crippen LogP contribution in [0.3, 0.4) is 0 Å². The number of aliphatic hydroxyl groups excluding tert-OH is 1. The van der Waals surface area contributed by atoms with E-state index in [0.717, 1.165) is 6.42 Å². The van der Waals surface area contributed by atoms with E-state index in [1.54, 1.807) is 0 Å². The fourth-order valence-corrected chi connectivity index (χ4v) is 1.64. The van der Waals surface area contributed by atoms with Crippen LogP contribution >= 0.6 is 0 Å². The molecular formula is C12H19NO. The molecule has 78 valence electrons. The summed E-state index contributed by atoms with van der Waals surface area (Å²) in [6, 6.07) is 10.3. The predicted molar refractivity (Wildman–Crippen MR) is 58.9 cm³/mol. The number of benzene rings is 1. The minimum absolute atomic E-state index is 0.185. The first kappa shape index (κ1) is 11.2.